The lowest BCUT2D eigenvalue weighted by Crippen LogP contribution is -2.66. The second-order valence-corrected chi connectivity index (χ2v) is 24.0. The first kappa shape index (κ1) is 91.0. The standard InChI is InChI=1S/C56H99N13O30/c1-15(70)29(44(86)59-31(17(3)72)46(88)61-33(19(5)74)48(90)63-35(21(7)76)50(92)65-37(23(9)78)52(94)67-39(25(11)80)54(96)69-41(27(13)82)56(98)99)57-43(85)30(16(2)71)58-45(87)32(18(4)73)60-47(89)34(20(6)75)62-49(91)36(22(8)77)64-51(93)38(24(10)79)66-53(95)40(26(12)81)68-55(97)42(84)28(14)83/h15-42,70-84H,1-14H3,(H,57,85)(H,58,87)(H,59,86)(H,60,89)(H,61,88)(H,62,91)(H,63,90)(H,64,93)(H,65,92)(H,66,95)(H,67,94)(H,68,97)(H,69,96)(H,98,99). The van der Waals surface area contributed by atoms with E-state index in [2.05, 4.69) is 0 Å². The summed E-state index contributed by atoms with van der Waals surface area (Å²) in [6, 6.07) is -27.2. The fraction of sp³-hybridized carbons (Fsp3) is 0.750. The van der Waals surface area contributed by atoms with Crippen molar-refractivity contribution >= 4 is 82.8 Å². The Morgan fingerprint density at radius 1 is 0.162 bits per heavy atom. The Morgan fingerprint density at radius 2 is 0.253 bits per heavy atom. The molecular formula is C56H99N13O30. The number of carboxylic acid groups (broad SMARTS) is 1. The van der Waals surface area contributed by atoms with Crippen molar-refractivity contribution in [1.82, 2.24) is 69.1 Å². The van der Waals surface area contributed by atoms with Crippen LogP contribution in [0.25, 0.3) is 0 Å². The molecule has 0 radical (unpaired) electrons. The number of aliphatic hydroxyl groups excluding tert-OH is 15. The van der Waals surface area contributed by atoms with Crippen LogP contribution in [0, 0.1) is 0 Å². The molecule has 0 rings (SSSR count). The van der Waals surface area contributed by atoms with E-state index in [9.17, 15) is 149 Å². The zero-order valence-corrected chi connectivity index (χ0v) is 56.5. The quantitative estimate of drug-likeness (QED) is 0.0270. The van der Waals surface area contributed by atoms with Crippen molar-refractivity contribution in [1.29, 1.82) is 0 Å². The van der Waals surface area contributed by atoms with Gasteiger partial charge in [-0.25, -0.2) is 4.79 Å². The average molecular weight is 1430 g/mol. The summed E-state index contributed by atoms with van der Waals surface area (Å²) >= 11 is 0. The van der Waals surface area contributed by atoms with Crippen LogP contribution in [-0.2, 0) is 67.1 Å². The summed E-state index contributed by atoms with van der Waals surface area (Å²) in [5.41, 5.74) is 0. The van der Waals surface area contributed by atoms with E-state index in [0.29, 0.717) is 0 Å². The van der Waals surface area contributed by atoms with Gasteiger partial charge in [0.25, 0.3) is 5.91 Å². The van der Waals surface area contributed by atoms with Gasteiger partial charge >= 0.3 is 5.97 Å². The van der Waals surface area contributed by atoms with Gasteiger partial charge in [0.05, 0.1) is 85.5 Å². The Bertz CT molecular complexity index is 2770. The van der Waals surface area contributed by atoms with Crippen molar-refractivity contribution in [2.24, 2.45) is 0 Å². The molecular weight excluding hydrogens is 1330 g/mol. The fourth-order valence-electron chi connectivity index (χ4n) is 8.63. The molecule has 0 saturated heterocycles. The van der Waals surface area contributed by atoms with Crippen LogP contribution < -0.4 is 69.1 Å². The first-order valence-electron chi connectivity index (χ1n) is 30.7. The average Bonchev–Trinajstić information content (AvgIpc) is 0.873. The van der Waals surface area contributed by atoms with Gasteiger partial charge in [-0.15, -0.1) is 0 Å². The highest BCUT2D eigenvalue weighted by atomic mass is 16.4. The molecule has 28 atom stereocenters. The van der Waals surface area contributed by atoms with Gasteiger partial charge in [0, 0.05) is 0 Å². The second-order valence-electron chi connectivity index (χ2n) is 24.0. The highest BCUT2D eigenvalue weighted by molar-refractivity contribution is 6.01. The van der Waals surface area contributed by atoms with Gasteiger partial charge in [0.15, 0.2) is 12.1 Å². The second kappa shape index (κ2) is 41.5. The smallest absolute Gasteiger partial charge is 0.328 e. The number of aliphatic hydroxyl groups is 15. The third-order valence-electron chi connectivity index (χ3n) is 14.5. The van der Waals surface area contributed by atoms with E-state index in [0.717, 1.165) is 96.9 Å². The number of hydrogen-bond acceptors (Lipinski definition) is 29. The van der Waals surface area contributed by atoms with Crippen molar-refractivity contribution in [2.75, 3.05) is 0 Å². The van der Waals surface area contributed by atoms with E-state index in [1.165, 1.54) is 0 Å². The molecule has 0 heterocycles. The first-order valence-corrected chi connectivity index (χ1v) is 30.7. The number of nitrogens with one attached hydrogen (secondary N) is 13. The third kappa shape index (κ3) is 28.6. The van der Waals surface area contributed by atoms with Crippen molar-refractivity contribution < 1.29 is 149 Å². The number of rotatable bonds is 41. The SMILES string of the molecule is CC(O)C(O)C(=O)NC(C(=O)NC(C(=O)NC(C(=O)NC(C(=O)NC(C(=O)NC(C(=O)NC(C(=O)NC(C(=O)NC(C(=O)NC(C(=O)NC(C(=O)NC(C(=O)NC(C(=O)O)C(C)O)C(C)O)C(C)O)C(C)O)C(C)O)C(C)O)C(C)O)C(C)O)C(C)O)C(C)O)C(C)O)C(C)O)C(C)O. The molecule has 0 spiro atoms. The molecule has 0 saturated carbocycles. The normalized spacial score (nSPS) is 20.1. The molecule has 0 aromatic carbocycles. The van der Waals surface area contributed by atoms with Gasteiger partial charge in [0.2, 0.25) is 70.9 Å². The minimum absolute atomic E-state index is 0.913. The summed E-state index contributed by atoms with van der Waals surface area (Å²) in [6.45, 7) is 13.4. The largest absolute Gasteiger partial charge is 0.480 e. The summed E-state index contributed by atoms with van der Waals surface area (Å²) in [6.07, 6.45) is -28.1. The number of aliphatic carboxylic acids is 1. The lowest BCUT2D eigenvalue weighted by molar-refractivity contribution is -0.146. The first-order chi connectivity index (χ1) is 45.4. The number of amides is 13. The van der Waals surface area contributed by atoms with Gasteiger partial charge in [0.1, 0.15) is 72.5 Å². The summed E-state index contributed by atoms with van der Waals surface area (Å²) in [5, 5.41) is 191. The number of carbonyl (C=O) groups excluding carboxylic acids is 13. The lowest BCUT2D eigenvalue weighted by Gasteiger charge is -2.31. The molecule has 568 valence electrons. The van der Waals surface area contributed by atoms with Crippen LogP contribution in [0.1, 0.15) is 96.9 Å². The Labute approximate surface area is 566 Å². The van der Waals surface area contributed by atoms with Gasteiger partial charge in [-0.05, 0) is 96.9 Å². The van der Waals surface area contributed by atoms with Gasteiger partial charge < -0.3 is 151 Å². The molecule has 43 heteroatoms. The fourth-order valence-corrected chi connectivity index (χ4v) is 8.63. The van der Waals surface area contributed by atoms with E-state index in [-0.39, 0.29) is 0 Å². The number of hydrogen-bond donors (Lipinski definition) is 29. The van der Waals surface area contributed by atoms with E-state index >= 15 is 0 Å². The third-order valence-corrected chi connectivity index (χ3v) is 14.5. The summed E-state index contributed by atoms with van der Waals surface area (Å²) < 4.78 is 0. The van der Waals surface area contributed by atoms with E-state index in [1.54, 1.807) is 0 Å². The highest BCUT2D eigenvalue weighted by Gasteiger charge is 2.43. The molecule has 0 aliphatic rings. The zero-order chi connectivity index (χ0) is 77.4. The zero-order valence-electron chi connectivity index (χ0n) is 56.5. The maximum Gasteiger partial charge on any atom is 0.328 e. The molecule has 0 bridgehead atoms. The van der Waals surface area contributed by atoms with Crippen molar-refractivity contribution in [3.63, 3.8) is 0 Å². The maximum absolute atomic E-state index is 13.8. The van der Waals surface area contributed by atoms with Gasteiger partial charge in [-0.2, -0.15) is 0 Å². The minimum atomic E-state index is -2.19. The number of carbonyl (C=O) groups is 14. The van der Waals surface area contributed by atoms with E-state index < -0.39 is 253 Å². The Kier molecular flexibility index (Phi) is 38.2. The Hall–Kier alpha value is -8.02. The number of carboxylic acids is 1. The summed E-state index contributed by atoms with van der Waals surface area (Å²) in [4.78, 5) is 186. The van der Waals surface area contributed by atoms with Crippen LogP contribution in [0.2, 0.25) is 0 Å². The lowest BCUT2D eigenvalue weighted by atomic mass is 10.0. The van der Waals surface area contributed by atoms with Crippen LogP contribution in [0.15, 0.2) is 0 Å². The van der Waals surface area contributed by atoms with Crippen LogP contribution >= 0.6 is 0 Å². The molecule has 29 N–H and O–H groups in total. The van der Waals surface area contributed by atoms with Gasteiger partial charge in [-0.1, -0.05) is 0 Å². The van der Waals surface area contributed by atoms with Crippen LogP contribution in [0.3, 0.4) is 0 Å². The predicted molar refractivity (Wildman–Crippen MR) is 332 cm³/mol. The monoisotopic (exact) mass is 1430 g/mol. The highest BCUT2D eigenvalue weighted by Crippen LogP contribution is 2.10. The topological polar surface area (TPSA) is 719 Å². The van der Waals surface area contributed by atoms with Crippen LogP contribution in [0.5, 0.6) is 0 Å². The molecule has 0 fully saturated rings. The molecule has 0 aromatic rings. The Balaban J connectivity index is 6.58. The summed E-state index contributed by atoms with van der Waals surface area (Å²) in [7, 11) is 0. The van der Waals surface area contributed by atoms with Crippen molar-refractivity contribution in [3.05, 3.63) is 0 Å². The maximum atomic E-state index is 13.8. The van der Waals surface area contributed by atoms with Crippen LogP contribution in [-0.4, -0.2) is 335 Å². The molecule has 99 heavy (non-hydrogen) atoms. The van der Waals surface area contributed by atoms with E-state index in [1.807, 2.05) is 69.1 Å². The minimum Gasteiger partial charge on any atom is -0.480 e. The Morgan fingerprint density at radius 3 is 0.333 bits per heavy atom. The van der Waals surface area contributed by atoms with Gasteiger partial charge in [-0.3, -0.25) is 62.3 Å². The predicted octanol–water partition coefficient (Wildman–Crippen LogP) is -15.9. The van der Waals surface area contributed by atoms with E-state index in [4.69, 9.17) is 0 Å². The van der Waals surface area contributed by atoms with Crippen molar-refractivity contribution in [2.45, 2.75) is 267 Å². The molecule has 28 unspecified atom stereocenters. The summed E-state index contributed by atoms with van der Waals surface area (Å²) in [5.74, 6) is -20.4. The molecule has 43 nitrogen and oxygen atoms in total. The molecule has 0 aliphatic carbocycles. The molecule has 0 aliphatic heterocycles. The van der Waals surface area contributed by atoms with Crippen molar-refractivity contribution in [3.8, 4) is 0 Å². The molecule has 0 aromatic heterocycles. The van der Waals surface area contributed by atoms with Crippen LogP contribution in [0.4, 0.5) is 0 Å². The molecule has 13 amide bonds.